The van der Waals surface area contributed by atoms with Gasteiger partial charge in [-0.2, -0.15) is 0 Å². The van der Waals surface area contributed by atoms with Gasteiger partial charge in [-0.3, -0.25) is 14.5 Å². The smallest absolute Gasteiger partial charge is 0.197 e. The minimum absolute atomic E-state index is 0.137. The van der Waals surface area contributed by atoms with E-state index < -0.39 is 23.5 Å². The molecule has 0 bridgehead atoms. The second kappa shape index (κ2) is 7.27. The number of hydrogen-bond acceptors (Lipinski definition) is 7. The van der Waals surface area contributed by atoms with Gasteiger partial charge in [0.1, 0.15) is 17.3 Å². The lowest BCUT2D eigenvalue weighted by Crippen LogP contribution is -2.53. The van der Waals surface area contributed by atoms with Crippen LogP contribution in [0.25, 0.3) is 0 Å². The molecular formula is C24H25NO6. The Morgan fingerprint density at radius 1 is 0.968 bits per heavy atom. The van der Waals surface area contributed by atoms with E-state index in [9.17, 15) is 30.0 Å². The summed E-state index contributed by atoms with van der Waals surface area (Å²) in [6.07, 6.45) is 4.48. The number of phenolic OH excluding ortho intramolecular Hbond substituents is 1. The van der Waals surface area contributed by atoms with Crippen LogP contribution < -0.4 is 0 Å². The number of Topliss-reactive ketones (excluding diaryl/α,β-unsaturated/α-hetero) is 2. The number of benzene rings is 1. The third kappa shape index (κ3) is 2.83. The van der Waals surface area contributed by atoms with Gasteiger partial charge in [0.25, 0.3) is 0 Å². The van der Waals surface area contributed by atoms with E-state index in [1.54, 1.807) is 12.1 Å². The molecule has 7 nitrogen and oxygen atoms in total. The minimum atomic E-state index is -0.603. The maximum absolute atomic E-state index is 13.2. The summed E-state index contributed by atoms with van der Waals surface area (Å²) >= 11 is 0. The van der Waals surface area contributed by atoms with Crippen LogP contribution >= 0.6 is 0 Å². The molecule has 1 heterocycles. The quantitative estimate of drug-likeness (QED) is 0.404. The zero-order valence-corrected chi connectivity index (χ0v) is 17.0. The first-order chi connectivity index (χ1) is 14.9. The van der Waals surface area contributed by atoms with Gasteiger partial charge < -0.3 is 20.4 Å². The number of hydrogen-bond donors (Lipinski definition) is 4. The summed E-state index contributed by atoms with van der Waals surface area (Å²) in [5.74, 6) is -2.54. The Bertz CT molecular complexity index is 1080. The van der Waals surface area contributed by atoms with Crippen LogP contribution in [0.2, 0.25) is 0 Å². The van der Waals surface area contributed by atoms with Crippen molar-refractivity contribution in [3.63, 3.8) is 0 Å². The molecule has 3 unspecified atom stereocenters. The number of fused-ring (bicyclic) bond motifs is 3. The van der Waals surface area contributed by atoms with E-state index in [4.69, 9.17) is 0 Å². The molecule has 0 aromatic heterocycles. The van der Waals surface area contributed by atoms with E-state index in [-0.39, 0.29) is 45.5 Å². The van der Waals surface area contributed by atoms with E-state index in [0.29, 0.717) is 19.1 Å². The number of allylic oxidation sites excluding steroid dienone is 3. The summed E-state index contributed by atoms with van der Waals surface area (Å²) < 4.78 is 0. The van der Waals surface area contributed by atoms with Gasteiger partial charge in [-0.1, -0.05) is 18.6 Å². The highest BCUT2D eigenvalue weighted by Crippen LogP contribution is 2.50. The lowest BCUT2D eigenvalue weighted by Gasteiger charge is -2.46. The Morgan fingerprint density at radius 3 is 2.42 bits per heavy atom. The molecule has 1 fully saturated rings. The van der Waals surface area contributed by atoms with E-state index >= 15 is 0 Å². The molecular weight excluding hydrogens is 398 g/mol. The van der Waals surface area contributed by atoms with Gasteiger partial charge in [0.05, 0.1) is 23.4 Å². The van der Waals surface area contributed by atoms with Crippen molar-refractivity contribution in [2.75, 3.05) is 13.1 Å². The number of phenols is 1. The topological polar surface area (TPSA) is 118 Å². The van der Waals surface area contributed by atoms with Crippen LogP contribution in [0, 0.1) is 11.8 Å². The van der Waals surface area contributed by atoms with Crippen LogP contribution in [0.3, 0.4) is 0 Å². The predicted octanol–water partition coefficient (Wildman–Crippen LogP) is 3.27. The van der Waals surface area contributed by atoms with Crippen LogP contribution in [0.15, 0.2) is 52.7 Å². The maximum Gasteiger partial charge on any atom is 0.197 e. The Kier molecular flexibility index (Phi) is 4.66. The van der Waals surface area contributed by atoms with Gasteiger partial charge in [-0.05, 0) is 56.3 Å². The molecule has 1 aromatic carbocycles. The average Bonchev–Trinajstić information content (AvgIpc) is 2.74. The fourth-order valence-electron chi connectivity index (χ4n) is 5.87. The normalized spacial score (nSPS) is 30.3. The Balaban J connectivity index is 1.67. The van der Waals surface area contributed by atoms with Crippen molar-refractivity contribution in [3.05, 3.63) is 63.8 Å². The van der Waals surface area contributed by atoms with Crippen LogP contribution in [0.4, 0.5) is 0 Å². The van der Waals surface area contributed by atoms with Crippen molar-refractivity contribution in [1.82, 2.24) is 4.90 Å². The van der Waals surface area contributed by atoms with Crippen LogP contribution in [-0.4, -0.2) is 56.0 Å². The monoisotopic (exact) mass is 423 g/mol. The molecule has 0 spiro atoms. The lowest BCUT2D eigenvalue weighted by molar-refractivity contribution is -0.123. The molecule has 1 aliphatic heterocycles. The minimum Gasteiger partial charge on any atom is -0.515 e. The fourth-order valence-corrected chi connectivity index (χ4v) is 5.87. The number of aliphatic hydroxyl groups is 3. The summed E-state index contributed by atoms with van der Waals surface area (Å²) in [7, 11) is 0. The van der Waals surface area contributed by atoms with Gasteiger partial charge >= 0.3 is 0 Å². The number of aromatic hydroxyl groups is 1. The van der Waals surface area contributed by atoms with Crippen molar-refractivity contribution in [2.24, 2.45) is 11.8 Å². The average molecular weight is 423 g/mol. The van der Waals surface area contributed by atoms with Gasteiger partial charge in [-0.15, -0.1) is 0 Å². The number of carbonyl (C=O) groups is 2. The lowest BCUT2D eigenvalue weighted by atomic mass is 9.63. The Morgan fingerprint density at radius 2 is 1.71 bits per heavy atom. The predicted molar refractivity (Wildman–Crippen MR) is 112 cm³/mol. The second-order valence-electron chi connectivity index (χ2n) is 8.86. The molecule has 1 aromatic rings. The third-order valence-electron chi connectivity index (χ3n) is 7.23. The van der Waals surface area contributed by atoms with E-state index in [0.717, 1.165) is 37.9 Å². The van der Waals surface area contributed by atoms with Crippen molar-refractivity contribution in [1.29, 1.82) is 0 Å². The molecule has 4 N–H and O–H groups in total. The van der Waals surface area contributed by atoms with Crippen molar-refractivity contribution in [2.45, 2.75) is 38.1 Å². The molecule has 0 amide bonds. The molecule has 162 valence electrons. The highest BCUT2D eigenvalue weighted by molar-refractivity contribution is 6.14. The Labute approximate surface area is 179 Å². The fraction of sp³-hybridized carbons (Fsp3) is 0.417. The molecule has 5 rings (SSSR count). The number of likely N-dealkylation sites (tertiary alicyclic amines) is 1. The molecule has 3 aliphatic carbocycles. The van der Waals surface area contributed by atoms with E-state index in [1.165, 1.54) is 6.07 Å². The molecule has 4 aliphatic rings. The van der Waals surface area contributed by atoms with Crippen molar-refractivity contribution in [3.8, 4) is 5.75 Å². The highest BCUT2D eigenvalue weighted by atomic mass is 16.3. The van der Waals surface area contributed by atoms with Crippen LogP contribution in [0.1, 0.15) is 41.6 Å². The van der Waals surface area contributed by atoms with Crippen LogP contribution in [0.5, 0.6) is 5.75 Å². The Hall–Kier alpha value is -3.06. The SMILES string of the molecule is O=C1C2=C(O)C3=C(O)/C(=C\O)C(=O)C(N4CCCCC4)C3CC2Cc2cccc(O)c21. The number of piperidine rings is 1. The number of ketones is 2. The largest absolute Gasteiger partial charge is 0.515 e. The molecule has 0 radical (unpaired) electrons. The van der Waals surface area contributed by atoms with Crippen LogP contribution in [-0.2, 0) is 11.2 Å². The van der Waals surface area contributed by atoms with Crippen molar-refractivity contribution >= 4 is 11.6 Å². The number of nitrogens with zero attached hydrogens (tertiary/aromatic N) is 1. The van der Waals surface area contributed by atoms with Gasteiger partial charge in [0, 0.05) is 17.1 Å². The molecule has 3 atom stereocenters. The molecule has 31 heavy (non-hydrogen) atoms. The third-order valence-corrected chi connectivity index (χ3v) is 7.23. The number of carbonyl (C=O) groups excluding carboxylic acids is 2. The maximum atomic E-state index is 13.2. The highest BCUT2D eigenvalue weighted by Gasteiger charge is 2.51. The summed E-state index contributed by atoms with van der Waals surface area (Å²) in [6, 6.07) is 4.32. The van der Waals surface area contributed by atoms with Gasteiger partial charge in [0.2, 0.25) is 0 Å². The number of rotatable bonds is 1. The standard InChI is InChI=1S/C24H25NO6/c26-11-15-21(28)19-14(20(22(15)29)25-7-2-1-3-8-25)10-13-9-12-5-4-6-16(27)17(12)23(30)18(13)24(19)31/h4-6,11,13-14,20,26-28,31H,1-3,7-10H2/b15-11+. The summed E-state index contributed by atoms with van der Waals surface area (Å²) in [6.45, 7) is 1.47. The van der Waals surface area contributed by atoms with Gasteiger partial charge in [0.15, 0.2) is 11.6 Å². The molecule has 7 heteroatoms. The molecule has 1 saturated heterocycles. The molecule has 0 saturated carbocycles. The summed E-state index contributed by atoms with van der Waals surface area (Å²) in [5, 5.41) is 41.9. The summed E-state index contributed by atoms with van der Waals surface area (Å²) in [4.78, 5) is 28.6. The zero-order chi connectivity index (χ0) is 21.9. The summed E-state index contributed by atoms with van der Waals surface area (Å²) in [5.41, 5.74) is 0.968. The van der Waals surface area contributed by atoms with E-state index in [1.807, 2.05) is 0 Å². The first-order valence-corrected chi connectivity index (χ1v) is 10.8. The van der Waals surface area contributed by atoms with Gasteiger partial charge in [-0.25, -0.2) is 0 Å². The zero-order valence-electron chi connectivity index (χ0n) is 17.0. The number of aliphatic hydroxyl groups excluding tert-OH is 3. The van der Waals surface area contributed by atoms with E-state index in [2.05, 4.69) is 4.90 Å². The second-order valence-corrected chi connectivity index (χ2v) is 8.86. The first-order valence-electron chi connectivity index (χ1n) is 10.8. The van der Waals surface area contributed by atoms with Crippen molar-refractivity contribution < 1.29 is 30.0 Å². The first kappa shape index (κ1) is 19.9.